The number of hydrogen-bond acceptors (Lipinski definition) is 3. The van der Waals surface area contributed by atoms with Gasteiger partial charge >= 0.3 is 6.36 Å². The third-order valence-corrected chi connectivity index (χ3v) is 2.30. The lowest BCUT2D eigenvalue weighted by atomic mass is 10.1. The summed E-state index contributed by atoms with van der Waals surface area (Å²) in [5, 5.41) is 8.53. The fraction of sp³-hybridized carbons (Fsp3) is 0.400. The zero-order valence-electron chi connectivity index (χ0n) is 9.14. The van der Waals surface area contributed by atoms with Gasteiger partial charge in [-0.2, -0.15) is 5.26 Å². The van der Waals surface area contributed by atoms with Crippen LogP contribution < -0.4 is 4.74 Å². The molecule has 0 unspecified atom stereocenters. The highest BCUT2D eigenvalue weighted by molar-refractivity contribution is 6.17. The quantitative estimate of drug-likeness (QED) is 0.629. The summed E-state index contributed by atoms with van der Waals surface area (Å²) < 4.78 is 65.1. The maximum atomic E-state index is 12.5. The molecular formula is C10H6ClF5N2O. The Morgan fingerprint density at radius 1 is 1.42 bits per heavy atom. The van der Waals surface area contributed by atoms with E-state index in [9.17, 15) is 22.0 Å². The summed E-state index contributed by atoms with van der Waals surface area (Å²) in [6.07, 6.45) is -8.55. The van der Waals surface area contributed by atoms with Crippen LogP contribution in [0.5, 0.6) is 5.88 Å². The molecular weight excluding hydrogens is 295 g/mol. The van der Waals surface area contributed by atoms with Crippen LogP contribution in [-0.4, -0.2) is 11.3 Å². The van der Waals surface area contributed by atoms with Crippen molar-refractivity contribution in [1.29, 1.82) is 5.26 Å². The largest absolute Gasteiger partial charge is 0.574 e. The number of rotatable bonds is 4. The Balaban J connectivity index is 3.36. The number of halogens is 6. The van der Waals surface area contributed by atoms with Gasteiger partial charge in [0.25, 0.3) is 6.43 Å². The third kappa shape index (κ3) is 4.21. The monoisotopic (exact) mass is 300 g/mol. The standard InChI is InChI=1S/C10H6ClF5N2O/c11-4-6-5(1-2-17)3-7(8(12)13)18-9(6)19-10(14,15)16/h3,8H,1,4H2. The number of alkyl halides is 6. The minimum Gasteiger partial charge on any atom is -0.388 e. The van der Waals surface area contributed by atoms with Crippen molar-refractivity contribution >= 4 is 11.6 Å². The van der Waals surface area contributed by atoms with Gasteiger partial charge in [0.05, 0.1) is 18.4 Å². The number of pyridine rings is 1. The molecule has 0 aliphatic carbocycles. The summed E-state index contributed by atoms with van der Waals surface area (Å²) >= 11 is 5.45. The highest BCUT2D eigenvalue weighted by Crippen LogP contribution is 2.31. The zero-order valence-corrected chi connectivity index (χ0v) is 9.90. The number of nitrogens with zero attached hydrogens (tertiary/aromatic N) is 2. The minimum absolute atomic E-state index is 0.0675. The summed E-state index contributed by atoms with van der Waals surface area (Å²) in [6.45, 7) is 0. The lowest BCUT2D eigenvalue weighted by Crippen LogP contribution is -2.20. The van der Waals surface area contributed by atoms with E-state index in [2.05, 4.69) is 9.72 Å². The van der Waals surface area contributed by atoms with Crippen LogP contribution in [0.3, 0.4) is 0 Å². The molecule has 0 N–H and O–H groups in total. The van der Waals surface area contributed by atoms with Crippen molar-refractivity contribution in [3.05, 3.63) is 22.9 Å². The predicted molar refractivity (Wildman–Crippen MR) is 54.8 cm³/mol. The summed E-state index contributed by atoms with van der Waals surface area (Å²) in [5.41, 5.74) is -1.20. The van der Waals surface area contributed by atoms with Crippen LogP contribution in [0.25, 0.3) is 0 Å². The first-order valence-electron chi connectivity index (χ1n) is 4.78. The lowest BCUT2D eigenvalue weighted by Gasteiger charge is -2.15. The van der Waals surface area contributed by atoms with E-state index < -0.39 is 30.2 Å². The molecule has 104 valence electrons. The van der Waals surface area contributed by atoms with Gasteiger partial charge in [0.15, 0.2) is 0 Å². The van der Waals surface area contributed by atoms with Crippen molar-refractivity contribution < 1.29 is 26.7 Å². The molecule has 0 aliphatic rings. The van der Waals surface area contributed by atoms with E-state index in [1.807, 2.05) is 0 Å². The van der Waals surface area contributed by atoms with E-state index in [0.717, 1.165) is 6.07 Å². The van der Waals surface area contributed by atoms with Crippen LogP contribution in [-0.2, 0) is 12.3 Å². The lowest BCUT2D eigenvalue weighted by molar-refractivity contribution is -0.276. The second-order valence-corrected chi connectivity index (χ2v) is 3.57. The SMILES string of the molecule is N#CCc1cc(C(F)F)nc(OC(F)(F)F)c1CCl. The molecule has 3 nitrogen and oxygen atoms in total. The number of ether oxygens (including phenoxy) is 1. The Bertz CT molecular complexity index is 498. The predicted octanol–water partition coefficient (Wildman–Crippen LogP) is 3.72. The Hall–Kier alpha value is -1.62. The second-order valence-electron chi connectivity index (χ2n) is 3.31. The number of nitriles is 1. The van der Waals surface area contributed by atoms with Gasteiger partial charge < -0.3 is 4.74 Å². The molecule has 1 rings (SSSR count). The summed E-state index contributed by atoms with van der Waals surface area (Å²) in [6, 6.07) is 2.49. The summed E-state index contributed by atoms with van der Waals surface area (Å²) in [5.74, 6) is -1.50. The average molecular weight is 301 g/mol. The van der Waals surface area contributed by atoms with Crippen LogP contribution in [0.2, 0.25) is 0 Å². The Kier molecular flexibility index (Phi) is 4.89. The molecule has 0 radical (unpaired) electrons. The fourth-order valence-electron chi connectivity index (χ4n) is 1.31. The van der Waals surface area contributed by atoms with Gasteiger partial charge in [0.1, 0.15) is 5.69 Å². The Morgan fingerprint density at radius 3 is 2.47 bits per heavy atom. The van der Waals surface area contributed by atoms with Crippen molar-refractivity contribution in [2.75, 3.05) is 0 Å². The van der Waals surface area contributed by atoms with Crippen LogP contribution in [0.15, 0.2) is 6.07 Å². The first-order valence-corrected chi connectivity index (χ1v) is 5.31. The van der Waals surface area contributed by atoms with Crippen LogP contribution >= 0.6 is 11.6 Å². The van der Waals surface area contributed by atoms with Gasteiger partial charge in [0, 0.05) is 5.56 Å². The molecule has 0 amide bonds. The molecule has 0 atom stereocenters. The van der Waals surface area contributed by atoms with Crippen molar-refractivity contribution in [1.82, 2.24) is 4.98 Å². The number of hydrogen-bond donors (Lipinski definition) is 0. The molecule has 0 saturated heterocycles. The smallest absolute Gasteiger partial charge is 0.388 e. The summed E-state index contributed by atoms with van der Waals surface area (Å²) in [4.78, 5) is 3.09. The van der Waals surface area contributed by atoms with Gasteiger partial charge in [-0.1, -0.05) is 0 Å². The van der Waals surface area contributed by atoms with Crippen molar-refractivity contribution in [2.24, 2.45) is 0 Å². The molecule has 0 bridgehead atoms. The molecule has 1 heterocycles. The van der Waals surface area contributed by atoms with Gasteiger partial charge in [-0.15, -0.1) is 24.8 Å². The van der Waals surface area contributed by atoms with E-state index in [4.69, 9.17) is 16.9 Å². The molecule has 1 aromatic rings. The van der Waals surface area contributed by atoms with E-state index in [1.165, 1.54) is 0 Å². The van der Waals surface area contributed by atoms with Crippen molar-refractivity contribution in [3.8, 4) is 11.9 Å². The van der Waals surface area contributed by atoms with Crippen LogP contribution in [0.1, 0.15) is 23.2 Å². The summed E-state index contributed by atoms with van der Waals surface area (Å²) in [7, 11) is 0. The first kappa shape index (κ1) is 15.4. The highest BCUT2D eigenvalue weighted by Gasteiger charge is 2.34. The molecule has 19 heavy (non-hydrogen) atoms. The van der Waals surface area contributed by atoms with Crippen LogP contribution in [0.4, 0.5) is 22.0 Å². The number of aromatic nitrogens is 1. The van der Waals surface area contributed by atoms with E-state index in [-0.39, 0.29) is 17.5 Å². The highest BCUT2D eigenvalue weighted by atomic mass is 35.5. The van der Waals surface area contributed by atoms with Gasteiger partial charge in [-0.25, -0.2) is 13.8 Å². The van der Waals surface area contributed by atoms with E-state index >= 15 is 0 Å². The fourth-order valence-corrected chi connectivity index (χ4v) is 1.60. The zero-order chi connectivity index (χ0) is 14.6. The van der Waals surface area contributed by atoms with Gasteiger partial charge in [-0.3, -0.25) is 0 Å². The molecule has 0 aliphatic heterocycles. The third-order valence-electron chi connectivity index (χ3n) is 2.04. The first-order chi connectivity index (χ1) is 8.78. The second kappa shape index (κ2) is 6.02. The minimum atomic E-state index is -5.08. The molecule has 0 saturated carbocycles. The normalized spacial score (nSPS) is 11.5. The Morgan fingerprint density at radius 2 is 2.05 bits per heavy atom. The molecule has 1 aromatic heterocycles. The molecule has 0 spiro atoms. The molecule has 0 fully saturated rings. The van der Waals surface area contributed by atoms with Crippen molar-refractivity contribution in [2.45, 2.75) is 25.1 Å². The topological polar surface area (TPSA) is 45.9 Å². The maximum Gasteiger partial charge on any atom is 0.574 e. The van der Waals surface area contributed by atoms with Gasteiger partial charge in [0.2, 0.25) is 5.88 Å². The average Bonchev–Trinajstić information content (AvgIpc) is 2.26. The van der Waals surface area contributed by atoms with Crippen molar-refractivity contribution in [3.63, 3.8) is 0 Å². The Labute approximate surface area is 109 Å². The van der Waals surface area contributed by atoms with Crippen LogP contribution in [0, 0.1) is 11.3 Å². The maximum absolute atomic E-state index is 12.5. The molecule has 9 heteroatoms. The van der Waals surface area contributed by atoms with E-state index in [1.54, 1.807) is 6.07 Å². The molecule has 0 aromatic carbocycles. The van der Waals surface area contributed by atoms with E-state index in [0.29, 0.717) is 0 Å². The van der Waals surface area contributed by atoms with Gasteiger partial charge in [-0.05, 0) is 11.6 Å².